The molecule has 0 amide bonds. The highest BCUT2D eigenvalue weighted by Gasteiger charge is 2.57. The second kappa shape index (κ2) is 22.8. The van der Waals surface area contributed by atoms with Gasteiger partial charge in [-0.2, -0.15) is 0 Å². The minimum atomic E-state index is -2.48. The molecule has 0 fully saturated rings. The predicted octanol–water partition coefficient (Wildman–Crippen LogP) is 19.5. The molecule has 0 N–H and O–H groups in total. The molecule has 1 aliphatic heterocycles. The number of hydrogen-bond donors (Lipinski definition) is 0. The third kappa shape index (κ3) is 8.95. The van der Waals surface area contributed by atoms with Gasteiger partial charge in [-0.3, -0.25) is 0 Å². The van der Waals surface area contributed by atoms with Crippen molar-refractivity contribution in [2.45, 2.75) is 291 Å². The molecule has 6 aromatic carbocycles. The minimum absolute atomic E-state index is 0.0932. The van der Waals surface area contributed by atoms with Crippen LogP contribution in [0.25, 0.3) is 43.4 Å². The molecule has 1 aliphatic rings. The SMILES string of the molecule is CC(C)[Si](c1cc2c(c([Si](C(C)C)(C(C)C)C(C)C)c1)B(c1c([Si](C(C)C)(C(C)C)C(C)C)cc([Si](C(C)C)(C(C)C)C(C)C)cc1[Si](C(C)C)(C(C)C)C(C)C)c1cc3cccc4ccc5ccc-2c1c5c43)(C(C)C)C(C)C. The highest BCUT2D eigenvalue weighted by Crippen LogP contribution is 2.50. The van der Waals surface area contributed by atoms with Crippen molar-refractivity contribution in [2.24, 2.45) is 0 Å². The standard InChI is InChI=1S/C73H117BSi5/c1-43(2)75(44(3)4,45(5)6)61-39-64-63-37-36-59-35-34-58-32-31-33-60-38-65(71(63)70(59)69(58)60)74(72(64)66(40-61)77(49(13)14,50(15)16)51(17)18)73-67(78(52(19)20,53(21)22)54(23)24)41-62(76(46(7)8,47(9)10)48(11)12)42-68(73)79(55(25)26,56(27)28)57(29)30/h31-57H,1-30H3. The molecule has 0 atom stereocenters. The van der Waals surface area contributed by atoms with Crippen molar-refractivity contribution in [2.75, 3.05) is 0 Å². The van der Waals surface area contributed by atoms with Crippen LogP contribution in [0.2, 0.25) is 83.1 Å². The topological polar surface area (TPSA) is 0 Å². The van der Waals surface area contributed by atoms with E-state index in [-0.39, 0.29) is 6.71 Å². The van der Waals surface area contributed by atoms with Gasteiger partial charge in [0.25, 0.3) is 0 Å². The first-order valence-corrected chi connectivity index (χ1v) is 43.9. The molecule has 79 heavy (non-hydrogen) atoms. The van der Waals surface area contributed by atoms with Gasteiger partial charge in [0.15, 0.2) is 0 Å². The molecule has 6 heteroatoms. The van der Waals surface area contributed by atoms with Gasteiger partial charge < -0.3 is 0 Å². The van der Waals surface area contributed by atoms with E-state index in [0.717, 1.165) is 0 Å². The van der Waals surface area contributed by atoms with E-state index in [1.165, 1.54) is 32.5 Å². The summed E-state index contributed by atoms with van der Waals surface area (Å²) in [5.74, 6) is 0. The van der Waals surface area contributed by atoms with Crippen LogP contribution in [0, 0.1) is 0 Å². The predicted molar refractivity (Wildman–Crippen MR) is 380 cm³/mol. The summed E-state index contributed by atoms with van der Waals surface area (Å²) in [6.07, 6.45) is 0. The minimum Gasteiger partial charge on any atom is -0.0699 e. The van der Waals surface area contributed by atoms with Crippen molar-refractivity contribution in [1.82, 2.24) is 0 Å². The van der Waals surface area contributed by atoms with Gasteiger partial charge in [-0.05, 0) is 127 Å². The van der Waals surface area contributed by atoms with Crippen LogP contribution in [0.4, 0.5) is 0 Å². The van der Waals surface area contributed by atoms with Crippen LogP contribution in [0.1, 0.15) is 208 Å². The van der Waals surface area contributed by atoms with Gasteiger partial charge in [0.2, 0.25) is 6.71 Å². The van der Waals surface area contributed by atoms with Crippen LogP contribution in [0.3, 0.4) is 0 Å². The van der Waals surface area contributed by atoms with E-state index in [1.54, 1.807) is 32.2 Å². The molecule has 0 spiro atoms. The molecular formula is C73H117BSi5. The molecule has 0 saturated carbocycles. The fourth-order valence-corrected chi connectivity index (χ4v) is 57.5. The van der Waals surface area contributed by atoms with E-state index in [4.69, 9.17) is 0 Å². The Balaban J connectivity index is 2.04. The molecule has 0 aliphatic carbocycles. The number of hydrogen-bond acceptors (Lipinski definition) is 0. The Bertz CT molecular complexity index is 2960. The summed E-state index contributed by atoms with van der Waals surface area (Å²) >= 11 is 0. The van der Waals surface area contributed by atoms with E-state index in [2.05, 4.69) is 281 Å². The van der Waals surface area contributed by atoms with E-state index < -0.39 is 40.4 Å². The van der Waals surface area contributed by atoms with Gasteiger partial charge in [-0.15, -0.1) is 0 Å². The summed E-state index contributed by atoms with van der Waals surface area (Å²) in [4.78, 5) is 0. The first kappa shape index (κ1) is 64.1. The maximum Gasteiger partial charge on any atom is 0.242 e. The average molecular weight is 1150 g/mol. The number of rotatable bonds is 21. The van der Waals surface area contributed by atoms with Gasteiger partial charge in [0, 0.05) is 0 Å². The highest BCUT2D eigenvalue weighted by atomic mass is 28.3. The van der Waals surface area contributed by atoms with Crippen LogP contribution in [-0.2, 0) is 0 Å². The third-order valence-corrected chi connectivity index (χ3v) is 59.2. The third-order valence-electron chi connectivity index (χ3n) is 23.9. The number of benzene rings is 6. The van der Waals surface area contributed by atoms with E-state index in [0.29, 0.717) is 83.1 Å². The van der Waals surface area contributed by atoms with Crippen molar-refractivity contribution in [1.29, 1.82) is 0 Å². The Labute approximate surface area is 493 Å². The van der Waals surface area contributed by atoms with Crippen LogP contribution in [-0.4, -0.2) is 47.1 Å². The molecule has 6 aromatic rings. The summed E-state index contributed by atoms with van der Waals surface area (Å²) in [6.45, 7) is 80.1. The van der Waals surface area contributed by atoms with Crippen molar-refractivity contribution in [3.05, 3.63) is 72.8 Å². The van der Waals surface area contributed by atoms with Crippen LogP contribution in [0.15, 0.2) is 72.8 Å². The van der Waals surface area contributed by atoms with Crippen molar-refractivity contribution < 1.29 is 0 Å². The van der Waals surface area contributed by atoms with Crippen molar-refractivity contribution in [3.63, 3.8) is 0 Å². The highest BCUT2D eigenvalue weighted by molar-refractivity contribution is 7.13. The molecule has 0 radical (unpaired) electrons. The van der Waals surface area contributed by atoms with Crippen LogP contribution < -0.4 is 42.3 Å². The van der Waals surface area contributed by atoms with Gasteiger partial charge in [0.05, 0.1) is 40.4 Å². The monoisotopic (exact) mass is 1140 g/mol. The average Bonchev–Trinajstić information content (AvgIpc) is 3.38. The fourth-order valence-electron chi connectivity index (χ4n) is 22.3. The second-order valence-corrected chi connectivity index (χ2v) is 60.5. The lowest BCUT2D eigenvalue weighted by Crippen LogP contribution is -2.79. The van der Waals surface area contributed by atoms with E-state index >= 15 is 0 Å². The lowest BCUT2D eigenvalue weighted by Gasteiger charge is -2.53. The Kier molecular flexibility index (Phi) is 18.5. The lowest BCUT2D eigenvalue weighted by atomic mass is 9.33. The molecule has 7 rings (SSSR count). The maximum absolute atomic E-state index is 3.10. The molecule has 0 aromatic heterocycles. The lowest BCUT2D eigenvalue weighted by molar-refractivity contribution is 0.830. The Hall–Kier alpha value is -2.49. The molecule has 0 nitrogen and oxygen atoms in total. The zero-order chi connectivity index (χ0) is 59.5. The van der Waals surface area contributed by atoms with Gasteiger partial charge in [-0.25, -0.2) is 0 Å². The quantitative estimate of drug-likeness (QED) is 0.0497. The Morgan fingerprint density at radius 2 is 0.544 bits per heavy atom. The van der Waals surface area contributed by atoms with Crippen LogP contribution in [0.5, 0.6) is 0 Å². The largest absolute Gasteiger partial charge is 0.242 e. The zero-order valence-corrected chi connectivity index (χ0v) is 61.7. The van der Waals surface area contributed by atoms with Crippen molar-refractivity contribution >= 4 is 122 Å². The molecular weight excluding hydrogens is 1030 g/mol. The van der Waals surface area contributed by atoms with E-state index in [1.807, 2.05) is 21.0 Å². The summed E-state index contributed by atoms with van der Waals surface area (Å²) in [5.41, 5.74) is 16.9. The van der Waals surface area contributed by atoms with Crippen LogP contribution >= 0.6 is 0 Å². The fraction of sp³-hybridized carbons (Fsp3) is 0.616. The van der Waals surface area contributed by atoms with Crippen molar-refractivity contribution in [3.8, 4) is 11.1 Å². The summed E-state index contributed by atoms with van der Waals surface area (Å²) in [6, 6.07) is 32.4. The van der Waals surface area contributed by atoms with Gasteiger partial charge in [0.1, 0.15) is 0 Å². The second-order valence-electron chi connectivity index (χ2n) is 31.1. The molecule has 1 heterocycles. The zero-order valence-electron chi connectivity index (χ0n) is 56.7. The normalized spacial score (nSPS) is 14.6. The van der Waals surface area contributed by atoms with Gasteiger partial charge in [-0.1, -0.05) is 323 Å². The Morgan fingerprint density at radius 3 is 0.886 bits per heavy atom. The maximum atomic E-state index is 3.10. The summed E-state index contributed by atoms with van der Waals surface area (Å²) in [7, 11) is -11.8. The molecule has 0 bridgehead atoms. The molecule has 0 unspecified atom stereocenters. The smallest absolute Gasteiger partial charge is 0.0699 e. The summed E-state index contributed by atoms with van der Waals surface area (Å²) < 4.78 is 0. The molecule has 0 saturated heterocycles. The first-order valence-electron chi connectivity index (χ1n) is 32.7. The molecule has 432 valence electrons. The Morgan fingerprint density at radius 1 is 0.253 bits per heavy atom. The van der Waals surface area contributed by atoms with Gasteiger partial charge >= 0.3 is 0 Å². The summed E-state index contributed by atoms with van der Waals surface area (Å²) in [5, 5.41) is 17.9. The first-order chi connectivity index (χ1) is 36.6. The van der Waals surface area contributed by atoms with E-state index in [9.17, 15) is 0 Å². The number of fused-ring (bicyclic) bond motifs is 2.